The molecular weight excluding hydrogens is 208 g/mol. The molecule has 3 N–H and O–H groups in total. The molecule has 0 aliphatic rings. The molecule has 0 spiro atoms. The summed E-state index contributed by atoms with van der Waals surface area (Å²) in [6, 6.07) is -0.418. The number of rotatable bonds is 7. The smallest absolute Gasteiger partial charge is 0.236 e. The topological polar surface area (TPSA) is 82.2 Å². The molecule has 1 aromatic rings. The zero-order valence-electron chi connectivity index (χ0n) is 9.64. The maximum atomic E-state index is 11.0. The van der Waals surface area contributed by atoms with Crippen molar-refractivity contribution in [1.82, 2.24) is 15.1 Å². The van der Waals surface area contributed by atoms with Gasteiger partial charge in [0.15, 0.2) is 5.75 Å². The summed E-state index contributed by atoms with van der Waals surface area (Å²) < 4.78 is 7.03. The number of likely N-dealkylation sites (N-methyl/N-ethyl adjacent to an activating group) is 1. The minimum absolute atomic E-state index is 0.394. The first kappa shape index (κ1) is 12.5. The van der Waals surface area contributed by atoms with Crippen LogP contribution >= 0.6 is 0 Å². The predicted molar refractivity (Wildman–Crippen MR) is 60.1 cm³/mol. The van der Waals surface area contributed by atoms with Crippen LogP contribution in [0.15, 0.2) is 12.4 Å². The molecular formula is C10H18N4O2. The molecule has 1 aromatic heterocycles. The van der Waals surface area contributed by atoms with Gasteiger partial charge in [-0.3, -0.25) is 9.48 Å². The van der Waals surface area contributed by atoms with Gasteiger partial charge in [0.2, 0.25) is 5.91 Å². The highest BCUT2D eigenvalue weighted by atomic mass is 16.5. The van der Waals surface area contributed by atoms with E-state index in [0.717, 1.165) is 6.42 Å². The van der Waals surface area contributed by atoms with Crippen molar-refractivity contribution in [2.75, 3.05) is 13.7 Å². The monoisotopic (exact) mass is 226 g/mol. The van der Waals surface area contributed by atoms with Gasteiger partial charge < -0.3 is 15.8 Å². The van der Waals surface area contributed by atoms with E-state index in [1.165, 1.54) is 0 Å². The van der Waals surface area contributed by atoms with Crippen LogP contribution in [-0.2, 0) is 11.3 Å². The maximum absolute atomic E-state index is 11.0. The van der Waals surface area contributed by atoms with Crippen LogP contribution in [0.4, 0.5) is 0 Å². The van der Waals surface area contributed by atoms with E-state index in [1.54, 1.807) is 24.1 Å². The van der Waals surface area contributed by atoms with E-state index in [0.29, 0.717) is 18.9 Å². The number of nitrogens with two attached hydrogens (primary N) is 1. The molecule has 0 aromatic carbocycles. The Kier molecular flexibility index (Phi) is 4.78. The van der Waals surface area contributed by atoms with Crippen molar-refractivity contribution in [3.8, 4) is 5.75 Å². The Hall–Kier alpha value is -1.56. The van der Waals surface area contributed by atoms with E-state index in [4.69, 9.17) is 10.5 Å². The molecule has 1 heterocycles. The molecule has 6 nitrogen and oxygen atoms in total. The van der Waals surface area contributed by atoms with Gasteiger partial charge in [-0.1, -0.05) is 6.92 Å². The first-order valence-corrected chi connectivity index (χ1v) is 5.29. The first-order valence-electron chi connectivity index (χ1n) is 5.29. The maximum Gasteiger partial charge on any atom is 0.236 e. The number of aromatic nitrogens is 2. The number of primary amides is 1. The lowest BCUT2D eigenvalue weighted by Crippen LogP contribution is -2.42. The van der Waals surface area contributed by atoms with Gasteiger partial charge in [0.25, 0.3) is 0 Å². The van der Waals surface area contributed by atoms with E-state index in [9.17, 15) is 4.79 Å². The third-order valence-corrected chi connectivity index (χ3v) is 2.14. The third kappa shape index (κ3) is 3.54. The first-order chi connectivity index (χ1) is 7.67. The molecule has 16 heavy (non-hydrogen) atoms. The molecule has 0 saturated carbocycles. The fraction of sp³-hybridized carbons (Fsp3) is 0.600. The fourth-order valence-electron chi connectivity index (χ4n) is 1.25. The second-order valence-electron chi connectivity index (χ2n) is 3.49. The van der Waals surface area contributed by atoms with Crippen molar-refractivity contribution in [2.45, 2.75) is 25.9 Å². The summed E-state index contributed by atoms with van der Waals surface area (Å²) >= 11 is 0. The molecule has 1 unspecified atom stereocenters. The van der Waals surface area contributed by atoms with E-state index in [-0.39, 0.29) is 0 Å². The standard InChI is InChI=1S/C10H18N4O2/c1-3-4-16-8-5-13-14(6-8)7-9(12-2)10(11)15/h5-6,9,12H,3-4,7H2,1-2H3,(H2,11,15). The van der Waals surface area contributed by atoms with Gasteiger partial charge in [0.1, 0.15) is 6.04 Å². The van der Waals surface area contributed by atoms with Crippen LogP contribution in [0.5, 0.6) is 5.75 Å². The Morgan fingerprint density at radius 1 is 1.75 bits per heavy atom. The molecule has 1 amide bonds. The number of hydrogen-bond acceptors (Lipinski definition) is 4. The van der Waals surface area contributed by atoms with Gasteiger partial charge in [-0.2, -0.15) is 5.10 Å². The Balaban J connectivity index is 2.53. The van der Waals surface area contributed by atoms with E-state index < -0.39 is 11.9 Å². The quantitative estimate of drug-likeness (QED) is 0.671. The van der Waals surface area contributed by atoms with Crippen molar-refractivity contribution in [2.24, 2.45) is 5.73 Å². The Bertz CT molecular complexity index is 337. The van der Waals surface area contributed by atoms with Gasteiger partial charge in [-0.15, -0.1) is 0 Å². The van der Waals surface area contributed by atoms with Crippen LogP contribution in [0.25, 0.3) is 0 Å². The molecule has 90 valence electrons. The SMILES string of the molecule is CCCOc1cnn(CC(NC)C(N)=O)c1. The number of carbonyl (C=O) groups is 1. The van der Waals surface area contributed by atoms with Gasteiger partial charge in [0, 0.05) is 0 Å². The number of amides is 1. The number of nitrogens with zero attached hydrogens (tertiary/aromatic N) is 2. The average Bonchev–Trinajstić information content (AvgIpc) is 2.70. The third-order valence-electron chi connectivity index (χ3n) is 2.14. The molecule has 1 atom stereocenters. The highest BCUT2D eigenvalue weighted by molar-refractivity contribution is 5.79. The van der Waals surface area contributed by atoms with Crippen LogP contribution in [0.3, 0.4) is 0 Å². The molecule has 0 radical (unpaired) electrons. The Morgan fingerprint density at radius 3 is 3.06 bits per heavy atom. The number of nitrogens with one attached hydrogen (secondary N) is 1. The van der Waals surface area contributed by atoms with E-state index in [2.05, 4.69) is 10.4 Å². The largest absolute Gasteiger partial charge is 0.490 e. The van der Waals surface area contributed by atoms with Crippen LogP contribution in [0.2, 0.25) is 0 Å². The van der Waals surface area contributed by atoms with Gasteiger partial charge in [-0.25, -0.2) is 0 Å². The van der Waals surface area contributed by atoms with Crippen molar-refractivity contribution in [3.05, 3.63) is 12.4 Å². The molecule has 0 bridgehead atoms. The average molecular weight is 226 g/mol. The van der Waals surface area contributed by atoms with Crippen molar-refractivity contribution < 1.29 is 9.53 Å². The summed E-state index contributed by atoms with van der Waals surface area (Å²) in [5, 5.41) is 6.91. The van der Waals surface area contributed by atoms with Crippen molar-refractivity contribution in [1.29, 1.82) is 0 Å². The summed E-state index contributed by atoms with van der Waals surface area (Å²) in [4.78, 5) is 11.0. The second kappa shape index (κ2) is 6.12. The summed E-state index contributed by atoms with van der Waals surface area (Å²) in [5.41, 5.74) is 5.21. The van der Waals surface area contributed by atoms with Crippen molar-refractivity contribution in [3.63, 3.8) is 0 Å². The summed E-state index contributed by atoms with van der Waals surface area (Å²) in [6.07, 6.45) is 4.33. The van der Waals surface area contributed by atoms with E-state index in [1.807, 2.05) is 6.92 Å². The van der Waals surface area contributed by atoms with Gasteiger partial charge in [-0.05, 0) is 13.5 Å². The molecule has 1 rings (SSSR count). The Labute approximate surface area is 94.8 Å². The minimum Gasteiger partial charge on any atom is -0.490 e. The number of hydrogen-bond donors (Lipinski definition) is 2. The predicted octanol–water partition coefficient (Wildman–Crippen LogP) is -0.255. The highest BCUT2D eigenvalue weighted by Gasteiger charge is 2.13. The number of ether oxygens (including phenoxy) is 1. The highest BCUT2D eigenvalue weighted by Crippen LogP contribution is 2.08. The van der Waals surface area contributed by atoms with Gasteiger partial charge in [0.05, 0.1) is 25.5 Å². The molecule has 0 aliphatic heterocycles. The zero-order chi connectivity index (χ0) is 12.0. The molecule has 0 fully saturated rings. The molecule has 0 aliphatic carbocycles. The van der Waals surface area contributed by atoms with E-state index >= 15 is 0 Å². The molecule has 6 heteroatoms. The Morgan fingerprint density at radius 2 is 2.50 bits per heavy atom. The van der Waals surface area contributed by atoms with Crippen LogP contribution < -0.4 is 15.8 Å². The van der Waals surface area contributed by atoms with Crippen LogP contribution in [-0.4, -0.2) is 35.4 Å². The van der Waals surface area contributed by atoms with Crippen molar-refractivity contribution >= 4 is 5.91 Å². The lowest BCUT2D eigenvalue weighted by Gasteiger charge is -2.11. The van der Waals surface area contributed by atoms with Crippen LogP contribution in [0, 0.1) is 0 Å². The summed E-state index contributed by atoms with van der Waals surface area (Å²) in [5.74, 6) is 0.315. The molecule has 0 saturated heterocycles. The van der Waals surface area contributed by atoms with Crippen LogP contribution in [0.1, 0.15) is 13.3 Å². The number of carbonyl (C=O) groups excluding carboxylic acids is 1. The van der Waals surface area contributed by atoms with Gasteiger partial charge >= 0.3 is 0 Å². The minimum atomic E-state index is -0.418. The second-order valence-corrected chi connectivity index (χ2v) is 3.49. The fourth-order valence-corrected chi connectivity index (χ4v) is 1.25. The zero-order valence-corrected chi connectivity index (χ0v) is 9.64. The summed E-state index contributed by atoms with van der Waals surface area (Å²) in [7, 11) is 1.69. The normalized spacial score (nSPS) is 12.4. The lowest BCUT2D eigenvalue weighted by atomic mass is 10.3. The lowest BCUT2D eigenvalue weighted by molar-refractivity contribution is -0.120. The summed E-state index contributed by atoms with van der Waals surface area (Å²) in [6.45, 7) is 3.10.